The van der Waals surface area contributed by atoms with Gasteiger partial charge in [-0.05, 0) is 29.8 Å². The molecule has 3 rings (SSSR count). The number of ether oxygens (including phenoxy) is 1. The maximum atomic E-state index is 12.9. The van der Waals surface area contributed by atoms with Crippen LogP contribution in [0, 0.1) is 0 Å². The Hall–Kier alpha value is -3.05. The highest BCUT2D eigenvalue weighted by Crippen LogP contribution is 2.20. The molecule has 0 fully saturated rings. The number of anilines is 1. The van der Waals surface area contributed by atoms with E-state index in [2.05, 4.69) is 10.6 Å². The van der Waals surface area contributed by atoms with Crippen molar-refractivity contribution in [1.29, 1.82) is 0 Å². The van der Waals surface area contributed by atoms with Crippen LogP contribution in [-0.2, 0) is 11.2 Å². The lowest BCUT2D eigenvalue weighted by Crippen LogP contribution is -2.34. The predicted octanol–water partition coefficient (Wildman–Crippen LogP) is 3.80. The molecule has 5 heteroatoms. The van der Waals surface area contributed by atoms with Gasteiger partial charge in [0.05, 0.1) is 13.4 Å². The molecular weight excluding hydrogens is 328 g/mol. The average molecular weight is 350 g/mol. The summed E-state index contributed by atoms with van der Waals surface area (Å²) >= 11 is 0. The van der Waals surface area contributed by atoms with Gasteiger partial charge in [0.2, 0.25) is 5.91 Å². The van der Waals surface area contributed by atoms with Gasteiger partial charge in [0.15, 0.2) is 0 Å². The van der Waals surface area contributed by atoms with Crippen molar-refractivity contribution >= 4 is 11.6 Å². The van der Waals surface area contributed by atoms with Gasteiger partial charge < -0.3 is 19.8 Å². The molecule has 0 spiro atoms. The summed E-state index contributed by atoms with van der Waals surface area (Å²) in [4.78, 5) is 12.9. The highest BCUT2D eigenvalue weighted by molar-refractivity contribution is 5.95. The van der Waals surface area contributed by atoms with E-state index < -0.39 is 6.04 Å². The van der Waals surface area contributed by atoms with Crippen LogP contribution < -0.4 is 15.4 Å². The van der Waals surface area contributed by atoms with Crippen molar-refractivity contribution in [2.24, 2.45) is 0 Å². The minimum atomic E-state index is -0.461. The van der Waals surface area contributed by atoms with Gasteiger partial charge in [-0.25, -0.2) is 0 Å². The number of methoxy groups -OCH3 is 1. The third-order valence-corrected chi connectivity index (χ3v) is 4.03. The van der Waals surface area contributed by atoms with Crippen LogP contribution in [-0.4, -0.2) is 19.6 Å². The molecule has 0 bridgehead atoms. The van der Waals surface area contributed by atoms with E-state index in [-0.39, 0.29) is 5.91 Å². The Bertz CT molecular complexity index is 816. The van der Waals surface area contributed by atoms with E-state index in [4.69, 9.17) is 9.15 Å². The Balaban J connectivity index is 1.70. The molecule has 3 aromatic rings. The molecule has 0 aliphatic rings. The van der Waals surface area contributed by atoms with Gasteiger partial charge in [-0.2, -0.15) is 0 Å². The lowest BCUT2D eigenvalue weighted by molar-refractivity contribution is -0.118. The first kappa shape index (κ1) is 17.8. The molecule has 0 radical (unpaired) electrons. The van der Waals surface area contributed by atoms with Gasteiger partial charge >= 0.3 is 0 Å². The monoisotopic (exact) mass is 350 g/mol. The topological polar surface area (TPSA) is 63.5 Å². The number of hydrogen-bond donors (Lipinski definition) is 2. The van der Waals surface area contributed by atoms with Gasteiger partial charge in [-0.15, -0.1) is 0 Å². The fourth-order valence-corrected chi connectivity index (χ4v) is 2.72. The zero-order valence-electron chi connectivity index (χ0n) is 14.6. The Labute approximate surface area is 153 Å². The van der Waals surface area contributed by atoms with Crippen molar-refractivity contribution in [1.82, 2.24) is 5.32 Å². The van der Waals surface area contributed by atoms with Crippen LogP contribution in [0.25, 0.3) is 0 Å². The molecular formula is C21H22N2O3. The van der Waals surface area contributed by atoms with E-state index in [0.717, 1.165) is 11.3 Å². The third kappa shape index (κ3) is 4.74. The summed E-state index contributed by atoms with van der Waals surface area (Å²) in [6, 6.07) is 20.3. The highest BCUT2D eigenvalue weighted by Gasteiger charge is 2.20. The van der Waals surface area contributed by atoms with Gasteiger partial charge in [-0.3, -0.25) is 4.79 Å². The van der Waals surface area contributed by atoms with Gasteiger partial charge in [0.25, 0.3) is 0 Å². The molecule has 1 aromatic heterocycles. The summed E-state index contributed by atoms with van der Waals surface area (Å²) in [5.74, 6) is 1.46. The summed E-state index contributed by atoms with van der Waals surface area (Å²) in [6.07, 6.45) is 2.36. The largest absolute Gasteiger partial charge is 0.497 e. The normalized spacial score (nSPS) is 11.7. The van der Waals surface area contributed by atoms with E-state index in [1.165, 1.54) is 0 Å². The number of carbonyl (C=O) groups is 1. The van der Waals surface area contributed by atoms with Gasteiger partial charge in [0.1, 0.15) is 17.6 Å². The fourth-order valence-electron chi connectivity index (χ4n) is 2.72. The molecule has 26 heavy (non-hydrogen) atoms. The van der Waals surface area contributed by atoms with Crippen LogP contribution >= 0.6 is 0 Å². The zero-order chi connectivity index (χ0) is 18.2. The zero-order valence-corrected chi connectivity index (χ0v) is 14.6. The Morgan fingerprint density at radius 2 is 1.92 bits per heavy atom. The molecule has 0 unspecified atom stereocenters. The SMILES string of the molecule is COc1cccc(NC(=O)[C@@H](NCCc2ccco2)c2ccccc2)c1. The number of amides is 1. The summed E-state index contributed by atoms with van der Waals surface area (Å²) in [5, 5.41) is 6.27. The molecule has 134 valence electrons. The average Bonchev–Trinajstić information content (AvgIpc) is 3.19. The van der Waals surface area contributed by atoms with E-state index in [9.17, 15) is 4.79 Å². The summed E-state index contributed by atoms with van der Waals surface area (Å²) in [6.45, 7) is 0.624. The number of hydrogen-bond acceptors (Lipinski definition) is 4. The molecule has 1 heterocycles. The number of benzene rings is 2. The van der Waals surface area contributed by atoms with Crippen molar-refractivity contribution in [3.8, 4) is 5.75 Å². The molecule has 1 amide bonds. The molecule has 0 aliphatic carbocycles. The van der Waals surface area contributed by atoms with Crippen molar-refractivity contribution in [3.05, 3.63) is 84.3 Å². The minimum Gasteiger partial charge on any atom is -0.497 e. The minimum absolute atomic E-state index is 0.121. The van der Waals surface area contributed by atoms with Crippen molar-refractivity contribution < 1.29 is 13.9 Å². The summed E-state index contributed by atoms with van der Waals surface area (Å²) in [7, 11) is 1.60. The standard InChI is InChI=1S/C21H22N2O3/c1-25-19-10-5-9-17(15-19)23-21(24)20(16-7-3-2-4-8-16)22-13-12-18-11-6-14-26-18/h2-11,14-15,20,22H,12-13H2,1H3,(H,23,24)/t20-/m0/s1. The quantitative estimate of drug-likeness (QED) is 0.649. The van der Waals surface area contributed by atoms with Crippen LogP contribution in [0.3, 0.4) is 0 Å². The first-order valence-electron chi connectivity index (χ1n) is 8.52. The van der Waals surface area contributed by atoms with Crippen LogP contribution in [0.5, 0.6) is 5.75 Å². The number of furan rings is 1. The Morgan fingerprint density at radius 3 is 2.65 bits per heavy atom. The molecule has 5 nitrogen and oxygen atoms in total. The van der Waals surface area contributed by atoms with E-state index in [1.54, 1.807) is 19.4 Å². The second-order valence-corrected chi connectivity index (χ2v) is 5.85. The number of nitrogens with one attached hydrogen (secondary N) is 2. The molecule has 2 aromatic carbocycles. The predicted molar refractivity (Wildman–Crippen MR) is 101 cm³/mol. The van der Waals surface area contributed by atoms with E-state index in [0.29, 0.717) is 24.4 Å². The van der Waals surface area contributed by atoms with Crippen LogP contribution in [0.1, 0.15) is 17.4 Å². The molecule has 1 atom stereocenters. The van der Waals surface area contributed by atoms with Crippen molar-refractivity contribution in [2.45, 2.75) is 12.5 Å². The van der Waals surface area contributed by atoms with Crippen LogP contribution in [0.2, 0.25) is 0 Å². The van der Waals surface area contributed by atoms with E-state index in [1.807, 2.05) is 60.7 Å². The number of rotatable bonds is 8. The highest BCUT2D eigenvalue weighted by atomic mass is 16.5. The molecule has 2 N–H and O–H groups in total. The lowest BCUT2D eigenvalue weighted by atomic mass is 10.1. The lowest BCUT2D eigenvalue weighted by Gasteiger charge is -2.19. The van der Waals surface area contributed by atoms with Crippen LogP contribution in [0.15, 0.2) is 77.4 Å². The second kappa shape index (κ2) is 8.87. The molecule has 0 saturated heterocycles. The first-order valence-corrected chi connectivity index (χ1v) is 8.52. The fraction of sp³-hybridized carbons (Fsp3) is 0.190. The number of carbonyl (C=O) groups excluding carboxylic acids is 1. The summed E-state index contributed by atoms with van der Waals surface area (Å²) < 4.78 is 10.6. The molecule has 0 saturated carbocycles. The Morgan fingerprint density at radius 1 is 1.08 bits per heavy atom. The summed E-state index contributed by atoms with van der Waals surface area (Å²) in [5.41, 5.74) is 1.61. The van der Waals surface area contributed by atoms with Gasteiger partial charge in [0, 0.05) is 24.7 Å². The van der Waals surface area contributed by atoms with Crippen molar-refractivity contribution in [3.63, 3.8) is 0 Å². The Kier molecular flexibility index (Phi) is 6.06. The van der Waals surface area contributed by atoms with Crippen LogP contribution in [0.4, 0.5) is 5.69 Å². The second-order valence-electron chi connectivity index (χ2n) is 5.85. The maximum Gasteiger partial charge on any atom is 0.246 e. The van der Waals surface area contributed by atoms with Crippen molar-refractivity contribution in [2.75, 3.05) is 19.0 Å². The first-order chi connectivity index (χ1) is 12.8. The third-order valence-electron chi connectivity index (χ3n) is 4.03. The van der Waals surface area contributed by atoms with Gasteiger partial charge in [-0.1, -0.05) is 36.4 Å². The smallest absolute Gasteiger partial charge is 0.246 e. The maximum absolute atomic E-state index is 12.9. The molecule has 0 aliphatic heterocycles. The van der Waals surface area contributed by atoms with E-state index >= 15 is 0 Å².